The summed E-state index contributed by atoms with van der Waals surface area (Å²) in [5.41, 5.74) is 0.647. The second-order valence-electron chi connectivity index (χ2n) is 5.36. The van der Waals surface area contributed by atoms with Gasteiger partial charge in [-0.3, -0.25) is 4.79 Å². The lowest BCUT2D eigenvalue weighted by Gasteiger charge is -2.22. The number of ether oxygens (including phenoxy) is 3. The van der Waals surface area contributed by atoms with E-state index in [1.165, 1.54) is 0 Å². The van der Waals surface area contributed by atoms with Crippen LogP contribution in [0.4, 0.5) is 5.69 Å². The Morgan fingerprint density at radius 3 is 2.17 bits per heavy atom. The van der Waals surface area contributed by atoms with Gasteiger partial charge in [0.1, 0.15) is 0 Å². The van der Waals surface area contributed by atoms with Crippen LogP contribution in [-0.2, 0) is 4.79 Å². The first-order chi connectivity index (χ1) is 10.7. The lowest BCUT2D eigenvalue weighted by Crippen LogP contribution is -2.30. The highest BCUT2D eigenvalue weighted by Crippen LogP contribution is 2.40. The molecule has 2 rings (SSSR count). The number of nitrogens with one attached hydrogen (secondary N) is 2. The summed E-state index contributed by atoms with van der Waals surface area (Å²) < 4.78 is 15.8. The predicted molar refractivity (Wildman–Crippen MR) is 92.2 cm³/mol. The van der Waals surface area contributed by atoms with Crippen LogP contribution in [0.25, 0.3) is 0 Å². The second kappa shape index (κ2) is 9.47. The third kappa shape index (κ3) is 5.18. The van der Waals surface area contributed by atoms with E-state index in [0.29, 0.717) is 35.3 Å². The molecule has 1 fully saturated rings. The monoisotopic (exact) mass is 344 g/mol. The van der Waals surface area contributed by atoms with Gasteiger partial charge < -0.3 is 24.8 Å². The molecule has 0 bridgehead atoms. The van der Waals surface area contributed by atoms with Gasteiger partial charge in [-0.25, -0.2) is 0 Å². The number of carbonyl (C=O) groups excluding carboxylic acids is 1. The lowest BCUT2D eigenvalue weighted by molar-refractivity contribution is -0.117. The van der Waals surface area contributed by atoms with Crippen molar-refractivity contribution in [2.45, 2.75) is 19.3 Å². The molecule has 1 aromatic rings. The zero-order chi connectivity index (χ0) is 15.9. The summed E-state index contributed by atoms with van der Waals surface area (Å²) in [6.07, 6.45) is 2.63. The average molecular weight is 345 g/mol. The summed E-state index contributed by atoms with van der Waals surface area (Å²) in [5, 5.41) is 6.22. The Labute approximate surface area is 143 Å². The molecule has 7 heteroatoms. The number of hydrogen-bond acceptors (Lipinski definition) is 5. The van der Waals surface area contributed by atoms with Crippen molar-refractivity contribution in [1.29, 1.82) is 0 Å². The molecular weight excluding hydrogens is 320 g/mol. The summed E-state index contributed by atoms with van der Waals surface area (Å²) in [6, 6.07) is 3.48. The molecule has 1 saturated heterocycles. The fraction of sp³-hybridized carbons (Fsp3) is 0.562. The van der Waals surface area contributed by atoms with E-state index in [1.807, 2.05) is 0 Å². The topological polar surface area (TPSA) is 68.8 Å². The fourth-order valence-corrected chi connectivity index (χ4v) is 2.71. The lowest BCUT2D eigenvalue weighted by atomic mass is 9.94. The van der Waals surface area contributed by atoms with Gasteiger partial charge in [-0.05, 0) is 31.8 Å². The van der Waals surface area contributed by atoms with Crippen molar-refractivity contribution in [2.24, 2.45) is 5.92 Å². The fourth-order valence-electron chi connectivity index (χ4n) is 2.71. The zero-order valence-corrected chi connectivity index (χ0v) is 14.6. The maximum absolute atomic E-state index is 12.2. The van der Waals surface area contributed by atoms with E-state index in [-0.39, 0.29) is 18.3 Å². The summed E-state index contributed by atoms with van der Waals surface area (Å²) >= 11 is 0. The standard InChI is InChI=1S/C16H24N2O4.ClH/c1-20-13-9-12(10-14(21-2)16(13)22-3)18-15(19)8-11-4-6-17-7-5-11;/h9-11,17H,4-8H2,1-3H3,(H,18,19);1H. The summed E-state index contributed by atoms with van der Waals surface area (Å²) in [4.78, 5) is 12.2. The number of anilines is 1. The molecule has 1 aliphatic heterocycles. The van der Waals surface area contributed by atoms with Crippen LogP contribution in [0.1, 0.15) is 19.3 Å². The van der Waals surface area contributed by atoms with Gasteiger partial charge in [0.15, 0.2) is 11.5 Å². The third-order valence-electron chi connectivity index (χ3n) is 3.88. The molecule has 1 heterocycles. The molecule has 0 spiro atoms. The Balaban J connectivity index is 0.00000264. The molecule has 0 unspecified atom stereocenters. The Morgan fingerprint density at radius 2 is 1.70 bits per heavy atom. The molecule has 1 aromatic carbocycles. The Hall–Kier alpha value is -1.66. The molecule has 23 heavy (non-hydrogen) atoms. The van der Waals surface area contributed by atoms with Crippen molar-refractivity contribution >= 4 is 24.0 Å². The van der Waals surface area contributed by atoms with E-state index >= 15 is 0 Å². The van der Waals surface area contributed by atoms with E-state index < -0.39 is 0 Å². The molecule has 6 nitrogen and oxygen atoms in total. The molecule has 1 amide bonds. The zero-order valence-electron chi connectivity index (χ0n) is 13.8. The van der Waals surface area contributed by atoms with Crippen molar-refractivity contribution < 1.29 is 19.0 Å². The largest absolute Gasteiger partial charge is 0.493 e. The number of halogens is 1. The Morgan fingerprint density at radius 1 is 1.13 bits per heavy atom. The van der Waals surface area contributed by atoms with Crippen molar-refractivity contribution in [3.8, 4) is 17.2 Å². The van der Waals surface area contributed by atoms with Crippen LogP contribution >= 0.6 is 12.4 Å². The van der Waals surface area contributed by atoms with Gasteiger partial charge in [-0.2, -0.15) is 0 Å². The maximum Gasteiger partial charge on any atom is 0.224 e. The molecule has 1 aliphatic rings. The van der Waals surface area contributed by atoms with Crippen molar-refractivity contribution in [3.05, 3.63) is 12.1 Å². The van der Waals surface area contributed by atoms with Crippen molar-refractivity contribution in [1.82, 2.24) is 5.32 Å². The molecule has 0 saturated carbocycles. The summed E-state index contributed by atoms with van der Waals surface area (Å²) in [5.74, 6) is 2.03. The van der Waals surface area contributed by atoms with Crippen LogP contribution in [-0.4, -0.2) is 40.3 Å². The third-order valence-corrected chi connectivity index (χ3v) is 3.88. The van der Waals surface area contributed by atoms with E-state index in [2.05, 4.69) is 10.6 Å². The van der Waals surface area contributed by atoms with Gasteiger partial charge in [0.2, 0.25) is 11.7 Å². The maximum atomic E-state index is 12.2. The van der Waals surface area contributed by atoms with Crippen LogP contribution in [0.2, 0.25) is 0 Å². The van der Waals surface area contributed by atoms with Crippen LogP contribution in [0, 0.1) is 5.92 Å². The Kier molecular flexibility index (Phi) is 7.98. The molecular formula is C16H25ClN2O4. The second-order valence-corrected chi connectivity index (χ2v) is 5.36. The molecule has 0 atom stereocenters. The molecule has 0 aliphatic carbocycles. The highest BCUT2D eigenvalue weighted by molar-refractivity contribution is 5.91. The van der Waals surface area contributed by atoms with E-state index in [0.717, 1.165) is 25.9 Å². The molecule has 2 N–H and O–H groups in total. The number of rotatable bonds is 6. The van der Waals surface area contributed by atoms with Gasteiger partial charge in [0.25, 0.3) is 0 Å². The van der Waals surface area contributed by atoms with E-state index in [4.69, 9.17) is 14.2 Å². The predicted octanol–water partition coefficient (Wildman–Crippen LogP) is 2.46. The number of amides is 1. The van der Waals surface area contributed by atoms with Gasteiger partial charge in [0, 0.05) is 24.2 Å². The first-order valence-electron chi connectivity index (χ1n) is 7.48. The van der Waals surface area contributed by atoms with Crippen LogP contribution in [0.15, 0.2) is 12.1 Å². The first kappa shape index (κ1) is 19.4. The molecule has 0 radical (unpaired) electrons. The van der Waals surface area contributed by atoms with E-state index in [1.54, 1.807) is 33.5 Å². The molecule has 130 valence electrons. The van der Waals surface area contributed by atoms with Gasteiger partial charge in [-0.15, -0.1) is 12.4 Å². The van der Waals surface area contributed by atoms with Crippen molar-refractivity contribution in [3.63, 3.8) is 0 Å². The SMILES string of the molecule is COc1cc(NC(=O)CC2CCNCC2)cc(OC)c1OC.Cl. The van der Waals surface area contributed by atoms with Crippen LogP contribution in [0.3, 0.4) is 0 Å². The number of methoxy groups -OCH3 is 3. The number of benzene rings is 1. The Bertz CT molecular complexity index is 494. The van der Waals surface area contributed by atoms with Crippen LogP contribution in [0.5, 0.6) is 17.2 Å². The van der Waals surface area contributed by atoms with E-state index in [9.17, 15) is 4.79 Å². The van der Waals surface area contributed by atoms with Gasteiger partial charge >= 0.3 is 0 Å². The highest BCUT2D eigenvalue weighted by Gasteiger charge is 2.18. The number of hydrogen-bond donors (Lipinski definition) is 2. The smallest absolute Gasteiger partial charge is 0.224 e. The number of piperidine rings is 1. The average Bonchev–Trinajstić information content (AvgIpc) is 2.54. The minimum absolute atomic E-state index is 0. The summed E-state index contributed by atoms with van der Waals surface area (Å²) in [7, 11) is 4.66. The highest BCUT2D eigenvalue weighted by atomic mass is 35.5. The van der Waals surface area contributed by atoms with Gasteiger partial charge in [-0.1, -0.05) is 0 Å². The van der Waals surface area contributed by atoms with Crippen molar-refractivity contribution in [2.75, 3.05) is 39.7 Å². The minimum atomic E-state index is 0. The first-order valence-corrected chi connectivity index (χ1v) is 7.48. The normalized spacial score (nSPS) is 14.6. The van der Waals surface area contributed by atoms with Gasteiger partial charge in [0.05, 0.1) is 21.3 Å². The quantitative estimate of drug-likeness (QED) is 0.829. The minimum Gasteiger partial charge on any atom is -0.493 e. The molecule has 0 aromatic heterocycles. The van der Waals surface area contributed by atoms with Crippen LogP contribution < -0.4 is 24.8 Å². The summed E-state index contributed by atoms with van der Waals surface area (Å²) in [6.45, 7) is 1.98. The number of carbonyl (C=O) groups is 1.